The number of aryl methyl sites for hydroxylation is 2. The van der Waals surface area contributed by atoms with Crippen LogP contribution in [0.5, 0.6) is 11.6 Å². The summed E-state index contributed by atoms with van der Waals surface area (Å²) in [5.74, 6) is 0.834. The molecule has 3 aliphatic carbocycles. The number of carboxylic acids is 1. The Morgan fingerprint density at radius 3 is 2.61 bits per heavy atom. The van der Waals surface area contributed by atoms with Gasteiger partial charge in [0.05, 0.1) is 18.1 Å². The number of fused-ring (bicyclic) bond motifs is 3. The number of carboxylic acid groups (broad SMARTS) is 1. The third-order valence-corrected chi connectivity index (χ3v) is 8.04. The second kappa shape index (κ2) is 8.63. The lowest BCUT2D eigenvalue weighted by Crippen LogP contribution is -2.12. The highest BCUT2D eigenvalue weighted by molar-refractivity contribution is 5.77. The Hall–Kier alpha value is -3.38. The van der Waals surface area contributed by atoms with Crippen LogP contribution in [0, 0.1) is 25.7 Å². The number of benzene rings is 2. The molecule has 0 spiro atoms. The summed E-state index contributed by atoms with van der Waals surface area (Å²) in [5, 5.41) is 19.3. The lowest BCUT2D eigenvalue weighted by molar-refractivity contribution is -0.139. The van der Waals surface area contributed by atoms with Gasteiger partial charge in [0.25, 0.3) is 0 Å². The average Bonchev–Trinajstić information content (AvgIpc) is 3.72. The number of aromatic nitrogens is 1. The predicted molar refractivity (Wildman–Crippen MR) is 135 cm³/mol. The van der Waals surface area contributed by atoms with Gasteiger partial charge in [-0.2, -0.15) is 0 Å². The average molecular weight is 486 g/mol. The molecule has 0 radical (unpaired) electrons. The maximum Gasteiger partial charge on any atom is 0.307 e. The molecular weight excluding hydrogens is 454 g/mol. The summed E-state index contributed by atoms with van der Waals surface area (Å²) in [5.41, 5.74) is 7.41. The van der Waals surface area contributed by atoms with E-state index >= 15 is 0 Å². The van der Waals surface area contributed by atoms with Crippen molar-refractivity contribution in [3.63, 3.8) is 0 Å². The van der Waals surface area contributed by atoms with Crippen LogP contribution in [0.25, 0.3) is 11.1 Å². The normalized spacial score (nSPS) is 22.5. The van der Waals surface area contributed by atoms with Gasteiger partial charge in [0.15, 0.2) is 0 Å². The minimum atomic E-state index is -0.698. The summed E-state index contributed by atoms with van der Waals surface area (Å²) in [6.07, 6.45) is 5.03. The van der Waals surface area contributed by atoms with Gasteiger partial charge in [0, 0.05) is 24.6 Å². The van der Waals surface area contributed by atoms with E-state index in [1.165, 1.54) is 11.1 Å². The van der Waals surface area contributed by atoms with Crippen LogP contribution in [0.4, 0.5) is 0 Å². The first-order chi connectivity index (χ1) is 17.3. The molecule has 2 aromatic carbocycles. The topological polar surface area (TPSA) is 88.9 Å². The van der Waals surface area contributed by atoms with Crippen molar-refractivity contribution in [3.8, 4) is 22.8 Å². The van der Waals surface area contributed by atoms with Crippen molar-refractivity contribution in [2.24, 2.45) is 11.8 Å². The summed E-state index contributed by atoms with van der Waals surface area (Å²) in [6, 6.07) is 14.5. The van der Waals surface area contributed by atoms with Gasteiger partial charge in [-0.1, -0.05) is 18.2 Å². The third-order valence-electron chi connectivity index (χ3n) is 8.04. The Bertz CT molecular complexity index is 1320. The van der Waals surface area contributed by atoms with E-state index in [0.717, 1.165) is 52.8 Å². The highest BCUT2D eigenvalue weighted by atomic mass is 16.5. The number of rotatable bonds is 9. The molecule has 0 unspecified atom stereocenters. The van der Waals surface area contributed by atoms with Crippen LogP contribution >= 0.6 is 0 Å². The summed E-state index contributed by atoms with van der Waals surface area (Å²) in [7, 11) is 0. The van der Waals surface area contributed by atoms with E-state index in [2.05, 4.69) is 43.1 Å². The SMILES string of the molecule is Cc1cc(OCCC2(O)CC2)cc(C)c1-c1cccc(COc2cc3c(cn2)[C@H]2[C@@H](C3)[C@@H]2C(=O)O)c1. The Kier molecular flexibility index (Phi) is 5.52. The van der Waals surface area contributed by atoms with Crippen LogP contribution in [0.2, 0.25) is 0 Å². The molecule has 0 amide bonds. The van der Waals surface area contributed by atoms with Crippen molar-refractivity contribution in [3.05, 3.63) is 76.5 Å². The Labute approximate surface area is 210 Å². The van der Waals surface area contributed by atoms with E-state index in [0.29, 0.717) is 25.5 Å². The van der Waals surface area contributed by atoms with Crippen molar-refractivity contribution in [1.29, 1.82) is 0 Å². The van der Waals surface area contributed by atoms with Crippen LogP contribution in [-0.4, -0.2) is 33.4 Å². The molecule has 0 saturated heterocycles. The monoisotopic (exact) mass is 485 g/mol. The van der Waals surface area contributed by atoms with Crippen molar-refractivity contribution in [2.75, 3.05) is 6.61 Å². The molecule has 6 heteroatoms. The van der Waals surface area contributed by atoms with E-state index < -0.39 is 11.6 Å². The fourth-order valence-corrected chi connectivity index (χ4v) is 5.87. The molecule has 2 N–H and O–H groups in total. The van der Waals surface area contributed by atoms with Crippen LogP contribution in [0.3, 0.4) is 0 Å². The zero-order valence-electron chi connectivity index (χ0n) is 20.7. The molecule has 36 heavy (non-hydrogen) atoms. The van der Waals surface area contributed by atoms with E-state index in [9.17, 15) is 15.0 Å². The predicted octanol–water partition coefficient (Wildman–Crippen LogP) is 5.21. The van der Waals surface area contributed by atoms with Crippen molar-refractivity contribution < 1.29 is 24.5 Å². The lowest BCUT2D eigenvalue weighted by atomic mass is 9.94. The van der Waals surface area contributed by atoms with E-state index in [1.807, 2.05) is 18.2 Å². The van der Waals surface area contributed by atoms with E-state index in [4.69, 9.17) is 9.47 Å². The zero-order valence-corrected chi connectivity index (χ0v) is 20.7. The summed E-state index contributed by atoms with van der Waals surface area (Å²) in [4.78, 5) is 15.8. The zero-order chi connectivity index (χ0) is 25.0. The molecule has 2 fully saturated rings. The number of hydrogen-bond donors (Lipinski definition) is 2. The first kappa shape index (κ1) is 23.0. The maximum absolute atomic E-state index is 11.3. The van der Waals surface area contributed by atoms with E-state index in [-0.39, 0.29) is 17.8 Å². The highest BCUT2D eigenvalue weighted by Crippen LogP contribution is 2.61. The number of nitrogens with zero attached hydrogens (tertiary/aromatic N) is 1. The molecule has 3 aromatic rings. The standard InChI is InChI=1S/C30H31NO5/c1-17-10-22(35-9-8-30(34)6-7-30)11-18(2)26(17)20-5-3-4-19(12-20)16-36-25-14-21-13-23-27(24(21)15-31-25)28(23)29(32)33/h3-5,10-12,14-15,23,27-28,34H,6-9,13,16H2,1-2H3,(H,32,33)/t23-,27-,28+/m1/s1. The molecule has 1 heterocycles. The fraction of sp³-hybridized carbons (Fsp3) is 0.400. The molecule has 3 atom stereocenters. The van der Waals surface area contributed by atoms with Crippen LogP contribution < -0.4 is 9.47 Å². The minimum Gasteiger partial charge on any atom is -0.493 e. The number of aliphatic carboxylic acids is 1. The number of aliphatic hydroxyl groups is 1. The Morgan fingerprint density at radius 1 is 1.11 bits per heavy atom. The van der Waals surface area contributed by atoms with Crippen LogP contribution in [-0.2, 0) is 17.8 Å². The number of carbonyl (C=O) groups is 1. The van der Waals surface area contributed by atoms with Gasteiger partial charge in [-0.15, -0.1) is 0 Å². The molecule has 0 bridgehead atoms. The van der Waals surface area contributed by atoms with Crippen molar-refractivity contribution in [2.45, 2.75) is 57.7 Å². The second-order valence-electron chi connectivity index (χ2n) is 10.7. The summed E-state index contributed by atoms with van der Waals surface area (Å²) in [6.45, 7) is 5.13. The van der Waals surface area contributed by atoms with Gasteiger partial charge in [-0.25, -0.2) is 4.98 Å². The highest BCUT2D eigenvalue weighted by Gasteiger charge is 2.59. The van der Waals surface area contributed by atoms with Gasteiger partial charge in [0.2, 0.25) is 5.88 Å². The molecule has 6 rings (SSSR count). The molecule has 2 saturated carbocycles. The first-order valence-electron chi connectivity index (χ1n) is 12.7. The van der Waals surface area contributed by atoms with Crippen molar-refractivity contribution >= 4 is 5.97 Å². The van der Waals surface area contributed by atoms with Gasteiger partial charge in [-0.3, -0.25) is 4.79 Å². The quantitative estimate of drug-likeness (QED) is 0.433. The largest absolute Gasteiger partial charge is 0.493 e. The molecular formula is C30H31NO5. The molecule has 0 aliphatic heterocycles. The lowest BCUT2D eigenvalue weighted by Gasteiger charge is -2.16. The number of pyridine rings is 1. The van der Waals surface area contributed by atoms with Crippen LogP contribution in [0.1, 0.15) is 53.0 Å². The fourth-order valence-electron chi connectivity index (χ4n) is 5.87. The minimum absolute atomic E-state index is 0.128. The van der Waals surface area contributed by atoms with Gasteiger partial charge in [0.1, 0.15) is 12.4 Å². The maximum atomic E-state index is 11.3. The van der Waals surface area contributed by atoms with Crippen LogP contribution in [0.15, 0.2) is 48.7 Å². The summed E-state index contributed by atoms with van der Waals surface area (Å²) < 4.78 is 11.9. The first-order valence-corrected chi connectivity index (χ1v) is 12.7. The molecule has 1 aromatic heterocycles. The molecule has 186 valence electrons. The molecule has 6 nitrogen and oxygen atoms in total. The Balaban J connectivity index is 1.12. The number of ether oxygens (including phenoxy) is 2. The van der Waals surface area contributed by atoms with Crippen molar-refractivity contribution in [1.82, 2.24) is 4.98 Å². The number of hydrogen-bond acceptors (Lipinski definition) is 5. The van der Waals surface area contributed by atoms with E-state index in [1.54, 1.807) is 6.20 Å². The second-order valence-corrected chi connectivity index (χ2v) is 10.7. The smallest absolute Gasteiger partial charge is 0.307 e. The third kappa shape index (κ3) is 4.35. The molecule has 3 aliphatic rings. The summed E-state index contributed by atoms with van der Waals surface area (Å²) >= 11 is 0. The Morgan fingerprint density at radius 2 is 1.89 bits per heavy atom. The van der Waals surface area contributed by atoms with Gasteiger partial charge in [-0.05, 0) is 96.2 Å². The van der Waals surface area contributed by atoms with Gasteiger partial charge < -0.3 is 19.7 Å². The van der Waals surface area contributed by atoms with Gasteiger partial charge >= 0.3 is 5.97 Å².